The average molecular weight is 1600 g/mol. The molecule has 21 heteroatoms. The Balaban J connectivity index is 1.43. The third kappa shape index (κ3) is 21.8. The van der Waals surface area contributed by atoms with Gasteiger partial charge in [-0.3, -0.25) is 0 Å². The molecule has 0 aromatic heterocycles. The number of hydrogen-bond donors (Lipinski definition) is 0. The first-order valence-corrected chi connectivity index (χ1v) is 53.2. The number of rotatable bonds is 27. The van der Waals surface area contributed by atoms with Crippen LogP contribution in [-0.4, -0.2) is 88.0 Å². The van der Waals surface area contributed by atoms with Crippen molar-refractivity contribution in [3.63, 3.8) is 0 Å². The van der Waals surface area contributed by atoms with Crippen LogP contribution < -0.4 is 39.0 Å². The van der Waals surface area contributed by atoms with E-state index in [-0.39, 0.29) is 33.4 Å². The Morgan fingerprint density at radius 2 is 0.379 bits per heavy atom. The van der Waals surface area contributed by atoms with E-state index in [0.29, 0.717) is 34.5 Å². The Hall–Kier alpha value is -5.65. The summed E-state index contributed by atoms with van der Waals surface area (Å²) in [7, 11) is 10.8. The molecule has 0 aliphatic carbocycles. The van der Waals surface area contributed by atoms with Crippen molar-refractivity contribution in [1.29, 1.82) is 0 Å². The zero-order valence-electron chi connectivity index (χ0n) is 48.0. The van der Waals surface area contributed by atoms with Gasteiger partial charge in [0.05, 0.1) is 0 Å². The molecule has 0 spiro atoms. The molecule has 0 bridgehead atoms. The molecule has 0 atom stereocenters. The molecule has 444 valence electrons. The molecular formula is C66H57O12S6Sb3. The van der Waals surface area contributed by atoms with Gasteiger partial charge in [-0.15, -0.1) is 0 Å². The van der Waals surface area contributed by atoms with Crippen molar-refractivity contribution >= 4 is 152 Å². The summed E-state index contributed by atoms with van der Waals surface area (Å²) in [5.74, 6) is -0.841. The van der Waals surface area contributed by atoms with E-state index < -0.39 is 88.0 Å². The van der Waals surface area contributed by atoms with Crippen LogP contribution in [0.2, 0.25) is 0 Å². The molecule has 0 radical (unpaired) electrons. The first kappa shape index (κ1) is 68.8. The standard InChI is InChI=1S/6C10H10O2S.C6H3.3Sb/c6*1-7(2)10(11)12-8-3-5-9(13)6-4-8;1-2-4-6-5-3-1;;;/h6*3-6,13H,1H2,2H3;1,4-5H;;;/q;;;;;;;3*+2/p-6. The maximum atomic E-state index is 12.6. The van der Waals surface area contributed by atoms with Crippen LogP contribution in [0.3, 0.4) is 0 Å². The van der Waals surface area contributed by atoms with Crippen molar-refractivity contribution in [2.75, 3.05) is 0 Å². The van der Waals surface area contributed by atoms with E-state index in [1.807, 2.05) is 72.8 Å². The molecular weight excluding hydrogens is 1540 g/mol. The van der Waals surface area contributed by atoms with Crippen molar-refractivity contribution in [3.8, 4) is 34.5 Å². The van der Waals surface area contributed by atoms with Gasteiger partial charge >= 0.3 is 551 Å². The van der Waals surface area contributed by atoms with Crippen LogP contribution in [0.4, 0.5) is 0 Å². The zero-order valence-corrected chi connectivity index (χ0v) is 60.6. The predicted octanol–water partition coefficient (Wildman–Crippen LogP) is 14.4. The van der Waals surface area contributed by atoms with Gasteiger partial charge in [0.2, 0.25) is 0 Å². The fourth-order valence-electron chi connectivity index (χ4n) is 6.42. The second-order valence-corrected chi connectivity index (χ2v) is 60.4. The summed E-state index contributed by atoms with van der Waals surface area (Å²) in [5, 5.41) is 0. The quantitative estimate of drug-likeness (QED) is 0.0207. The molecule has 12 nitrogen and oxygen atoms in total. The molecule has 0 unspecified atom stereocenters. The van der Waals surface area contributed by atoms with E-state index in [4.69, 9.17) is 28.4 Å². The fraction of sp³-hybridized carbons (Fsp3) is 0.0909. The van der Waals surface area contributed by atoms with Crippen LogP contribution in [0.25, 0.3) is 0 Å². The topological polar surface area (TPSA) is 158 Å². The van der Waals surface area contributed by atoms with Crippen LogP contribution in [0, 0.1) is 0 Å². The molecule has 7 rings (SSSR count). The molecule has 0 heterocycles. The monoisotopic (exact) mass is 1600 g/mol. The minimum atomic E-state index is -3.03. The van der Waals surface area contributed by atoms with E-state index in [1.165, 1.54) is 10.5 Å². The second kappa shape index (κ2) is 33.3. The normalized spacial score (nSPS) is 10.9. The summed E-state index contributed by atoms with van der Waals surface area (Å²) >= 11 is -9.08. The van der Waals surface area contributed by atoms with E-state index >= 15 is 0 Å². The first-order chi connectivity index (χ1) is 41.4. The van der Waals surface area contributed by atoms with Gasteiger partial charge in [0, 0.05) is 0 Å². The van der Waals surface area contributed by atoms with E-state index in [0.717, 1.165) is 29.4 Å². The summed E-state index contributed by atoms with van der Waals surface area (Å²) in [5.41, 5.74) is 1.66. The Bertz CT molecular complexity index is 3160. The molecule has 7 aromatic rings. The van der Waals surface area contributed by atoms with Crippen molar-refractivity contribution in [1.82, 2.24) is 0 Å². The van der Waals surface area contributed by atoms with Crippen molar-refractivity contribution in [2.45, 2.75) is 70.9 Å². The predicted molar refractivity (Wildman–Crippen MR) is 359 cm³/mol. The van der Waals surface area contributed by atoms with Gasteiger partial charge < -0.3 is 0 Å². The second-order valence-electron chi connectivity index (χ2n) is 18.9. The van der Waals surface area contributed by atoms with Gasteiger partial charge in [0.25, 0.3) is 0 Å². The summed E-state index contributed by atoms with van der Waals surface area (Å²) in [6, 6.07) is 51.9. The zero-order chi connectivity index (χ0) is 62.9. The molecule has 0 N–H and O–H groups in total. The van der Waals surface area contributed by atoms with E-state index in [1.54, 1.807) is 167 Å². The van der Waals surface area contributed by atoms with Crippen LogP contribution in [0.15, 0.2) is 266 Å². The fourth-order valence-corrected chi connectivity index (χ4v) is 56.1. The molecule has 87 heavy (non-hydrogen) atoms. The summed E-state index contributed by atoms with van der Waals surface area (Å²) in [4.78, 5) is 81.3. The Labute approximate surface area is 544 Å². The average Bonchev–Trinajstić information content (AvgIpc) is 2.34. The van der Waals surface area contributed by atoms with Crippen LogP contribution >= 0.6 is 53.1 Å². The first-order valence-electron chi connectivity index (χ1n) is 25.9. The molecule has 0 fully saturated rings. The van der Waals surface area contributed by atoms with Crippen LogP contribution in [0.5, 0.6) is 34.5 Å². The van der Waals surface area contributed by atoms with Gasteiger partial charge in [-0.25, -0.2) is 0 Å². The van der Waals surface area contributed by atoms with Crippen LogP contribution in [0.1, 0.15) is 41.5 Å². The molecule has 7 aromatic carbocycles. The van der Waals surface area contributed by atoms with Gasteiger partial charge in [-0.1, -0.05) is 0 Å². The molecule has 0 aliphatic rings. The summed E-state index contributed by atoms with van der Waals surface area (Å²) in [6.07, 6.45) is 0. The van der Waals surface area contributed by atoms with Crippen molar-refractivity contribution < 1.29 is 57.2 Å². The Kier molecular flexibility index (Phi) is 26.3. The maximum absolute atomic E-state index is 12.6. The summed E-state index contributed by atoms with van der Waals surface area (Å²) < 4.78 is 37.1. The third-order valence-electron chi connectivity index (χ3n) is 10.9. The molecule has 0 aliphatic heterocycles. The van der Waals surface area contributed by atoms with Crippen molar-refractivity contribution in [2.24, 2.45) is 0 Å². The molecule has 0 amide bonds. The molecule has 0 saturated carbocycles. The number of benzene rings is 7. The van der Waals surface area contributed by atoms with Gasteiger partial charge in [-0.2, -0.15) is 0 Å². The summed E-state index contributed by atoms with van der Waals surface area (Å²) in [6.45, 7) is 32.0. The van der Waals surface area contributed by atoms with Crippen LogP contribution in [-0.2, 0) is 28.8 Å². The molecule has 0 saturated heterocycles. The van der Waals surface area contributed by atoms with Gasteiger partial charge in [0.1, 0.15) is 0 Å². The Morgan fingerprint density at radius 1 is 0.253 bits per heavy atom. The third-order valence-corrected chi connectivity index (χ3v) is 57.5. The minimum absolute atomic E-state index is 0.277. The SMILES string of the molecule is C=C(C)C(=O)Oc1ccc([S][Sb]([S]c2ccc(OC(=O)C(=C)C)cc2)[c]2c[c]([Sb]([S]c3ccc(OC(=O)C(=C)C)cc3)[S]c3ccc(OC(=O)C(=C)C)cc3)c[c]([Sb]([S]c3ccc(OC(=O)C(=C)C)cc3)[S]c3ccc(OC(=O)C(=C)C)cc3)c2)cc1. The number of esters is 6. The van der Waals surface area contributed by atoms with Gasteiger partial charge in [-0.05, 0) is 0 Å². The van der Waals surface area contributed by atoms with Gasteiger partial charge in [0.15, 0.2) is 0 Å². The Morgan fingerprint density at radius 3 is 0.494 bits per heavy atom. The number of carbonyl (C=O) groups excluding carboxylic acids is 6. The van der Waals surface area contributed by atoms with Crippen molar-refractivity contribution in [3.05, 3.63) is 237 Å². The van der Waals surface area contributed by atoms with E-state index in [2.05, 4.69) is 57.7 Å². The van der Waals surface area contributed by atoms with E-state index in [9.17, 15) is 28.8 Å². The number of hydrogen-bond acceptors (Lipinski definition) is 18. The number of carbonyl (C=O) groups is 6. The number of ether oxygens (including phenoxy) is 6.